The third kappa shape index (κ3) is 8.06. The lowest BCUT2D eigenvalue weighted by molar-refractivity contribution is -0.154. The molecule has 13 heteroatoms. The number of carbonyl (C=O) groups is 3. The Kier molecular flexibility index (Phi) is 10.6. The summed E-state index contributed by atoms with van der Waals surface area (Å²) in [6.07, 6.45) is 4.75. The number of amides is 2. The second kappa shape index (κ2) is 14.6. The molecule has 9 nitrogen and oxygen atoms in total. The number of rotatable bonds is 12. The van der Waals surface area contributed by atoms with Crippen molar-refractivity contribution in [3.63, 3.8) is 0 Å². The van der Waals surface area contributed by atoms with Gasteiger partial charge >= 0.3 is 12.6 Å². The summed E-state index contributed by atoms with van der Waals surface area (Å²) in [6, 6.07) is 9.79. The summed E-state index contributed by atoms with van der Waals surface area (Å²) in [6.45, 7) is -2.42. The zero-order chi connectivity index (χ0) is 33.0. The zero-order valence-electron chi connectivity index (χ0n) is 25.3. The number of aromatic nitrogens is 1. The van der Waals surface area contributed by atoms with E-state index in [2.05, 4.69) is 9.72 Å². The van der Waals surface area contributed by atoms with E-state index in [1.807, 2.05) is 0 Å². The molecule has 1 aromatic heterocycles. The van der Waals surface area contributed by atoms with Gasteiger partial charge in [0.1, 0.15) is 12.1 Å². The SMILES string of the molecule is CN(C)C(=O)c1cccc(C(=O)N2CCC[C@@H]2C(=O)O[C@@H](Cc2c(Cl)cncc2Cl)c2ccc(OC(F)F)c(OCC3CC3)c2)c1. The van der Waals surface area contributed by atoms with Gasteiger partial charge in [0, 0.05) is 50.6 Å². The Labute approximate surface area is 275 Å². The number of hydrogen-bond donors (Lipinski definition) is 0. The van der Waals surface area contributed by atoms with Gasteiger partial charge in [-0.15, -0.1) is 0 Å². The number of carbonyl (C=O) groups excluding carboxylic acids is 3. The molecule has 46 heavy (non-hydrogen) atoms. The largest absolute Gasteiger partial charge is 0.489 e. The molecule has 2 aromatic carbocycles. The predicted octanol–water partition coefficient (Wildman–Crippen LogP) is 6.61. The number of hydrogen-bond acceptors (Lipinski definition) is 7. The van der Waals surface area contributed by atoms with E-state index in [0.29, 0.717) is 48.6 Å². The van der Waals surface area contributed by atoms with Gasteiger partial charge in [-0.05, 0) is 73.1 Å². The Morgan fingerprint density at radius 1 is 1.00 bits per heavy atom. The molecule has 1 aliphatic heterocycles. The normalized spacial score (nSPS) is 16.7. The summed E-state index contributed by atoms with van der Waals surface area (Å²) in [5, 5.41) is 0.502. The van der Waals surface area contributed by atoms with Crippen LogP contribution in [0.4, 0.5) is 8.78 Å². The van der Waals surface area contributed by atoms with Crippen molar-refractivity contribution >= 4 is 41.0 Å². The number of alkyl halides is 2. The molecule has 244 valence electrons. The van der Waals surface area contributed by atoms with Crippen LogP contribution in [0.25, 0.3) is 0 Å². The van der Waals surface area contributed by atoms with Crippen molar-refractivity contribution in [2.45, 2.75) is 50.9 Å². The molecular weight excluding hydrogens is 643 g/mol. The van der Waals surface area contributed by atoms with E-state index in [1.54, 1.807) is 32.3 Å². The van der Waals surface area contributed by atoms with Crippen LogP contribution >= 0.6 is 23.2 Å². The molecular formula is C33H33Cl2F2N3O6. The number of esters is 1. The van der Waals surface area contributed by atoms with Crippen LogP contribution in [-0.4, -0.2) is 72.5 Å². The summed E-state index contributed by atoms with van der Waals surface area (Å²) in [5.41, 5.74) is 1.51. The van der Waals surface area contributed by atoms with Crippen molar-refractivity contribution in [1.29, 1.82) is 0 Å². The van der Waals surface area contributed by atoms with Crippen molar-refractivity contribution < 1.29 is 37.4 Å². The van der Waals surface area contributed by atoms with Crippen LogP contribution < -0.4 is 9.47 Å². The summed E-state index contributed by atoms with van der Waals surface area (Å²) in [5.74, 6) is -1.05. The molecule has 2 fully saturated rings. The van der Waals surface area contributed by atoms with Crippen LogP contribution in [0.15, 0.2) is 54.9 Å². The standard InChI is InChI=1S/C33H33Cl2F2N3O6/c1-39(2)30(41)21-5-3-6-22(13-21)31(42)40-12-4-7-26(40)32(43)45-28(15-23-24(34)16-38-17-25(23)35)20-10-11-27(46-33(36)37)29(14-20)44-18-19-8-9-19/h3,5-6,10-11,13-14,16-17,19,26,28,33H,4,7-9,12,15,18H2,1-2H3/t26-,28+/m1/s1. The van der Waals surface area contributed by atoms with Gasteiger partial charge in [0.25, 0.3) is 11.8 Å². The van der Waals surface area contributed by atoms with Crippen LogP contribution in [0, 0.1) is 5.92 Å². The van der Waals surface area contributed by atoms with Crippen molar-refractivity contribution in [2.75, 3.05) is 27.2 Å². The Hall–Kier alpha value is -3.96. The first kappa shape index (κ1) is 33.4. The van der Waals surface area contributed by atoms with Crippen molar-refractivity contribution in [2.24, 2.45) is 5.92 Å². The van der Waals surface area contributed by atoms with E-state index in [1.165, 1.54) is 46.5 Å². The molecule has 2 atom stereocenters. The predicted molar refractivity (Wildman–Crippen MR) is 167 cm³/mol. The van der Waals surface area contributed by atoms with E-state index < -0.39 is 30.6 Å². The van der Waals surface area contributed by atoms with Crippen LogP contribution in [0.2, 0.25) is 10.0 Å². The fraction of sp³-hybridized carbons (Fsp3) is 0.394. The Bertz CT molecular complexity index is 1580. The van der Waals surface area contributed by atoms with Gasteiger partial charge in [0.15, 0.2) is 11.5 Å². The molecule has 5 rings (SSSR count). The van der Waals surface area contributed by atoms with Gasteiger partial charge in [-0.3, -0.25) is 14.6 Å². The lowest BCUT2D eigenvalue weighted by atomic mass is 10.0. The lowest BCUT2D eigenvalue weighted by Gasteiger charge is -2.27. The van der Waals surface area contributed by atoms with Gasteiger partial charge in [-0.1, -0.05) is 35.3 Å². The first-order valence-electron chi connectivity index (χ1n) is 14.8. The van der Waals surface area contributed by atoms with E-state index in [-0.39, 0.29) is 39.4 Å². The fourth-order valence-corrected chi connectivity index (χ4v) is 5.77. The van der Waals surface area contributed by atoms with E-state index in [4.69, 9.17) is 32.7 Å². The fourth-order valence-electron chi connectivity index (χ4n) is 5.25. The molecule has 1 saturated heterocycles. The second-order valence-electron chi connectivity index (χ2n) is 11.5. The monoisotopic (exact) mass is 675 g/mol. The molecule has 1 saturated carbocycles. The molecule has 0 bridgehead atoms. The number of ether oxygens (including phenoxy) is 3. The Morgan fingerprint density at radius 2 is 1.72 bits per heavy atom. The Balaban J connectivity index is 1.43. The minimum atomic E-state index is -3.07. The van der Waals surface area contributed by atoms with Gasteiger partial charge < -0.3 is 24.0 Å². The van der Waals surface area contributed by atoms with Crippen molar-refractivity contribution in [1.82, 2.24) is 14.8 Å². The molecule has 2 amide bonds. The van der Waals surface area contributed by atoms with Gasteiger partial charge in [0.05, 0.1) is 16.7 Å². The topological polar surface area (TPSA) is 98.3 Å². The summed E-state index contributed by atoms with van der Waals surface area (Å²) in [7, 11) is 3.24. The number of nitrogens with zero attached hydrogens (tertiary/aromatic N) is 3. The number of likely N-dealkylation sites (tertiary alicyclic amines) is 1. The van der Waals surface area contributed by atoms with Crippen LogP contribution in [0.1, 0.15) is 63.6 Å². The molecule has 0 spiro atoms. The van der Waals surface area contributed by atoms with Gasteiger partial charge in [-0.25, -0.2) is 4.79 Å². The Morgan fingerprint density at radius 3 is 2.39 bits per heavy atom. The third-order valence-corrected chi connectivity index (χ3v) is 8.53. The maximum absolute atomic E-state index is 13.8. The van der Waals surface area contributed by atoms with Gasteiger partial charge in [-0.2, -0.15) is 8.78 Å². The van der Waals surface area contributed by atoms with Gasteiger partial charge in [0.2, 0.25) is 0 Å². The van der Waals surface area contributed by atoms with E-state index >= 15 is 0 Å². The maximum atomic E-state index is 13.8. The highest BCUT2D eigenvalue weighted by atomic mass is 35.5. The number of halogens is 4. The first-order chi connectivity index (χ1) is 22.0. The quantitative estimate of drug-likeness (QED) is 0.199. The highest BCUT2D eigenvalue weighted by molar-refractivity contribution is 6.35. The molecule has 3 aromatic rings. The molecule has 2 aliphatic rings. The average Bonchev–Trinajstić information content (AvgIpc) is 3.73. The molecule has 2 heterocycles. The molecule has 0 N–H and O–H groups in total. The summed E-state index contributed by atoms with van der Waals surface area (Å²) < 4.78 is 43.0. The summed E-state index contributed by atoms with van der Waals surface area (Å²) >= 11 is 12.8. The lowest BCUT2D eigenvalue weighted by Crippen LogP contribution is -2.42. The molecule has 0 radical (unpaired) electrons. The highest BCUT2D eigenvalue weighted by Gasteiger charge is 2.37. The molecule has 1 aliphatic carbocycles. The third-order valence-electron chi connectivity index (χ3n) is 7.88. The van der Waals surface area contributed by atoms with Crippen LogP contribution in [-0.2, 0) is 16.0 Å². The smallest absolute Gasteiger partial charge is 0.387 e. The van der Waals surface area contributed by atoms with Crippen LogP contribution in [0.5, 0.6) is 11.5 Å². The van der Waals surface area contributed by atoms with Crippen molar-refractivity contribution in [3.05, 3.63) is 87.2 Å². The number of pyridine rings is 1. The minimum Gasteiger partial charge on any atom is -0.489 e. The van der Waals surface area contributed by atoms with Crippen molar-refractivity contribution in [3.8, 4) is 11.5 Å². The molecule has 0 unspecified atom stereocenters. The zero-order valence-corrected chi connectivity index (χ0v) is 26.8. The highest BCUT2D eigenvalue weighted by Crippen LogP contribution is 2.38. The van der Waals surface area contributed by atoms with Crippen LogP contribution in [0.3, 0.4) is 0 Å². The summed E-state index contributed by atoms with van der Waals surface area (Å²) in [4.78, 5) is 46.7. The number of benzene rings is 2. The average molecular weight is 677 g/mol. The minimum absolute atomic E-state index is 0.0262. The first-order valence-corrected chi connectivity index (χ1v) is 15.6. The second-order valence-corrected chi connectivity index (χ2v) is 12.3. The maximum Gasteiger partial charge on any atom is 0.387 e. The van der Waals surface area contributed by atoms with E-state index in [0.717, 1.165) is 12.8 Å². The van der Waals surface area contributed by atoms with E-state index in [9.17, 15) is 23.2 Å².